The average Bonchev–Trinajstić information content (AvgIpc) is 2.93. The van der Waals surface area contributed by atoms with E-state index in [4.69, 9.17) is 10.6 Å². The molecule has 0 unspecified atom stereocenters. The van der Waals surface area contributed by atoms with Crippen LogP contribution in [0.2, 0.25) is 0 Å². The molecule has 0 aliphatic rings. The smallest absolute Gasteiger partial charge is 0.348 e. The standard InChI is InChI=1S/C16H16N4O2S/c1-10-12-14(20-17)18-9-19-15(12)23-13(10)16(21)22-8-7-11-5-3-2-4-6-11/h2-6,9H,7-8,17H2,1H3,(H,18,19,20). The molecule has 0 saturated carbocycles. The molecular weight excluding hydrogens is 312 g/mol. The second kappa shape index (κ2) is 6.72. The number of esters is 1. The summed E-state index contributed by atoms with van der Waals surface area (Å²) in [6, 6.07) is 9.90. The topological polar surface area (TPSA) is 90.1 Å². The van der Waals surface area contributed by atoms with Gasteiger partial charge in [0.05, 0.1) is 12.0 Å². The Bertz CT molecular complexity index is 833. The van der Waals surface area contributed by atoms with Gasteiger partial charge >= 0.3 is 5.97 Å². The Morgan fingerprint density at radius 3 is 2.83 bits per heavy atom. The monoisotopic (exact) mass is 328 g/mol. The van der Waals surface area contributed by atoms with E-state index in [2.05, 4.69) is 15.4 Å². The number of thiophene rings is 1. The summed E-state index contributed by atoms with van der Waals surface area (Å²) in [5.74, 6) is 5.63. The third-order valence-corrected chi connectivity index (χ3v) is 4.70. The highest BCUT2D eigenvalue weighted by Crippen LogP contribution is 2.33. The summed E-state index contributed by atoms with van der Waals surface area (Å²) in [4.78, 5) is 21.8. The van der Waals surface area contributed by atoms with Gasteiger partial charge in [0, 0.05) is 6.42 Å². The van der Waals surface area contributed by atoms with Crippen molar-refractivity contribution in [3.8, 4) is 0 Å². The fourth-order valence-corrected chi connectivity index (χ4v) is 3.39. The van der Waals surface area contributed by atoms with Crippen LogP contribution >= 0.6 is 11.3 Å². The first-order chi connectivity index (χ1) is 11.2. The van der Waals surface area contributed by atoms with E-state index in [1.165, 1.54) is 17.7 Å². The maximum atomic E-state index is 12.3. The van der Waals surface area contributed by atoms with E-state index in [9.17, 15) is 4.79 Å². The summed E-state index contributed by atoms with van der Waals surface area (Å²) >= 11 is 1.29. The number of fused-ring (bicyclic) bond motifs is 1. The van der Waals surface area contributed by atoms with E-state index in [1.807, 2.05) is 37.3 Å². The number of carbonyl (C=O) groups excluding carboxylic acids is 1. The number of hydrazine groups is 1. The minimum atomic E-state index is -0.343. The van der Waals surface area contributed by atoms with Crippen molar-refractivity contribution < 1.29 is 9.53 Å². The molecule has 23 heavy (non-hydrogen) atoms. The van der Waals surface area contributed by atoms with Gasteiger partial charge in [0.1, 0.15) is 16.0 Å². The van der Waals surface area contributed by atoms with Gasteiger partial charge in [-0.25, -0.2) is 20.6 Å². The van der Waals surface area contributed by atoms with Crippen LogP contribution in [-0.4, -0.2) is 22.5 Å². The quantitative estimate of drug-likeness (QED) is 0.425. The van der Waals surface area contributed by atoms with Crippen LogP contribution in [-0.2, 0) is 11.2 Å². The Morgan fingerprint density at radius 2 is 2.09 bits per heavy atom. The molecule has 0 aliphatic carbocycles. The van der Waals surface area contributed by atoms with Crippen LogP contribution < -0.4 is 11.3 Å². The molecular formula is C16H16N4O2S. The lowest BCUT2D eigenvalue weighted by atomic mass is 10.2. The van der Waals surface area contributed by atoms with Crippen molar-refractivity contribution in [2.24, 2.45) is 5.84 Å². The number of hydrogen-bond donors (Lipinski definition) is 2. The molecule has 0 aliphatic heterocycles. The van der Waals surface area contributed by atoms with Gasteiger partial charge in [0.15, 0.2) is 5.82 Å². The summed E-state index contributed by atoms with van der Waals surface area (Å²) in [5.41, 5.74) is 4.45. The third-order valence-electron chi connectivity index (χ3n) is 3.52. The fraction of sp³-hybridized carbons (Fsp3) is 0.188. The number of benzene rings is 1. The summed E-state index contributed by atoms with van der Waals surface area (Å²) in [6.07, 6.45) is 2.10. The number of nitrogen functional groups attached to an aromatic ring is 1. The number of anilines is 1. The largest absolute Gasteiger partial charge is 0.461 e. The SMILES string of the molecule is Cc1c(C(=O)OCCc2ccccc2)sc2ncnc(NN)c12. The van der Waals surface area contributed by atoms with Gasteiger partial charge in [0.25, 0.3) is 0 Å². The molecule has 6 nitrogen and oxygen atoms in total. The highest BCUT2D eigenvalue weighted by atomic mass is 32.1. The molecule has 1 aromatic carbocycles. The molecule has 0 fully saturated rings. The number of hydrogen-bond acceptors (Lipinski definition) is 7. The summed E-state index contributed by atoms with van der Waals surface area (Å²) in [6.45, 7) is 2.18. The third kappa shape index (κ3) is 3.15. The van der Waals surface area contributed by atoms with Crippen LogP contribution in [0.3, 0.4) is 0 Å². The second-order valence-electron chi connectivity index (χ2n) is 4.97. The molecule has 2 aromatic heterocycles. The Labute approximate surface area is 137 Å². The first-order valence-electron chi connectivity index (χ1n) is 7.12. The molecule has 118 valence electrons. The number of carbonyl (C=O) groups is 1. The highest BCUT2D eigenvalue weighted by Gasteiger charge is 2.20. The van der Waals surface area contributed by atoms with Gasteiger partial charge in [-0.2, -0.15) is 0 Å². The summed E-state index contributed by atoms with van der Waals surface area (Å²) in [5, 5.41) is 0.759. The average molecular weight is 328 g/mol. The van der Waals surface area contributed by atoms with Gasteiger partial charge in [0.2, 0.25) is 0 Å². The number of aromatic nitrogens is 2. The van der Waals surface area contributed by atoms with E-state index in [0.29, 0.717) is 28.6 Å². The summed E-state index contributed by atoms with van der Waals surface area (Å²) < 4.78 is 5.39. The van der Waals surface area contributed by atoms with Crippen molar-refractivity contribution in [1.82, 2.24) is 9.97 Å². The van der Waals surface area contributed by atoms with Crippen LogP contribution in [0.1, 0.15) is 20.8 Å². The number of aryl methyl sites for hydroxylation is 1. The van der Waals surface area contributed by atoms with Crippen molar-refractivity contribution >= 4 is 33.3 Å². The van der Waals surface area contributed by atoms with Crippen molar-refractivity contribution in [3.05, 3.63) is 52.7 Å². The van der Waals surface area contributed by atoms with Crippen LogP contribution in [0.25, 0.3) is 10.2 Å². The number of rotatable bonds is 5. The van der Waals surface area contributed by atoms with E-state index in [1.54, 1.807) is 0 Å². The van der Waals surface area contributed by atoms with Crippen LogP contribution in [0.15, 0.2) is 36.7 Å². The van der Waals surface area contributed by atoms with Gasteiger partial charge in [-0.3, -0.25) is 0 Å². The normalized spacial score (nSPS) is 10.7. The van der Waals surface area contributed by atoms with Crippen LogP contribution in [0.5, 0.6) is 0 Å². The lowest BCUT2D eigenvalue weighted by molar-refractivity contribution is 0.0514. The van der Waals surface area contributed by atoms with E-state index < -0.39 is 0 Å². The number of ether oxygens (including phenoxy) is 1. The first kappa shape index (κ1) is 15.4. The van der Waals surface area contributed by atoms with E-state index in [-0.39, 0.29) is 5.97 Å². The van der Waals surface area contributed by atoms with Crippen molar-refractivity contribution in [3.63, 3.8) is 0 Å². The molecule has 2 heterocycles. The molecule has 3 rings (SSSR count). The number of nitrogens with one attached hydrogen (secondary N) is 1. The minimum absolute atomic E-state index is 0.338. The molecule has 3 N–H and O–H groups in total. The fourth-order valence-electron chi connectivity index (χ4n) is 2.35. The van der Waals surface area contributed by atoms with E-state index >= 15 is 0 Å². The minimum Gasteiger partial charge on any atom is -0.461 e. The lowest BCUT2D eigenvalue weighted by Gasteiger charge is -2.04. The molecule has 7 heteroatoms. The second-order valence-corrected chi connectivity index (χ2v) is 5.97. The van der Waals surface area contributed by atoms with Crippen molar-refractivity contribution in [2.75, 3.05) is 12.0 Å². The maximum Gasteiger partial charge on any atom is 0.348 e. The van der Waals surface area contributed by atoms with Crippen molar-refractivity contribution in [1.29, 1.82) is 0 Å². The highest BCUT2D eigenvalue weighted by molar-refractivity contribution is 7.20. The van der Waals surface area contributed by atoms with Gasteiger partial charge in [-0.1, -0.05) is 30.3 Å². The van der Waals surface area contributed by atoms with Crippen molar-refractivity contribution in [2.45, 2.75) is 13.3 Å². The maximum absolute atomic E-state index is 12.3. The lowest BCUT2D eigenvalue weighted by Crippen LogP contribution is -2.10. The Hall–Kier alpha value is -2.51. The summed E-state index contributed by atoms with van der Waals surface area (Å²) in [7, 11) is 0. The number of nitrogens with two attached hydrogens (primary N) is 1. The van der Waals surface area contributed by atoms with Gasteiger partial charge in [-0.05, 0) is 18.1 Å². The molecule has 0 spiro atoms. The molecule has 0 radical (unpaired) electrons. The van der Waals surface area contributed by atoms with E-state index in [0.717, 1.165) is 16.5 Å². The molecule has 0 atom stereocenters. The van der Waals surface area contributed by atoms with Crippen LogP contribution in [0.4, 0.5) is 5.82 Å². The number of nitrogens with zero attached hydrogens (tertiary/aromatic N) is 2. The molecule has 0 bridgehead atoms. The Morgan fingerprint density at radius 1 is 1.30 bits per heavy atom. The Balaban J connectivity index is 1.75. The molecule has 0 saturated heterocycles. The zero-order valence-corrected chi connectivity index (χ0v) is 13.4. The van der Waals surface area contributed by atoms with Gasteiger partial charge < -0.3 is 10.2 Å². The zero-order valence-electron chi connectivity index (χ0n) is 12.6. The first-order valence-corrected chi connectivity index (χ1v) is 7.94. The zero-order chi connectivity index (χ0) is 16.2. The van der Waals surface area contributed by atoms with Crippen LogP contribution in [0, 0.1) is 6.92 Å². The predicted molar refractivity (Wildman–Crippen MR) is 90.4 cm³/mol. The Kier molecular flexibility index (Phi) is 4.50. The predicted octanol–water partition coefficient (Wildman–Crippen LogP) is 2.68. The van der Waals surface area contributed by atoms with Gasteiger partial charge in [-0.15, -0.1) is 11.3 Å². The molecule has 0 amide bonds. The molecule has 3 aromatic rings.